The topological polar surface area (TPSA) is 54.5 Å². The molecule has 3 rings (SSSR count). The Morgan fingerprint density at radius 3 is 2.45 bits per heavy atom. The Balaban J connectivity index is 1.88. The SMILES string of the molecule is CCC(C)Sc1ncc(-c2nc[nH]c2-c2ccccc2)cn1. The fourth-order valence-electron chi connectivity index (χ4n) is 2.10. The molecule has 1 unspecified atom stereocenters. The van der Waals surface area contributed by atoms with Gasteiger partial charge in [-0.25, -0.2) is 15.0 Å². The lowest BCUT2D eigenvalue weighted by Crippen LogP contribution is -1.96. The van der Waals surface area contributed by atoms with E-state index in [0.29, 0.717) is 5.25 Å². The first kappa shape index (κ1) is 14.8. The number of hydrogen-bond donors (Lipinski definition) is 1. The van der Waals surface area contributed by atoms with Gasteiger partial charge in [0.25, 0.3) is 0 Å². The van der Waals surface area contributed by atoms with Crippen molar-refractivity contribution < 1.29 is 0 Å². The molecule has 2 aromatic heterocycles. The van der Waals surface area contributed by atoms with Gasteiger partial charge >= 0.3 is 0 Å². The molecular weight excluding hydrogens is 292 g/mol. The molecule has 0 aliphatic rings. The van der Waals surface area contributed by atoms with Gasteiger partial charge in [-0.3, -0.25) is 0 Å². The molecule has 0 radical (unpaired) electrons. The molecule has 22 heavy (non-hydrogen) atoms. The number of rotatable bonds is 5. The van der Waals surface area contributed by atoms with E-state index in [1.807, 2.05) is 30.6 Å². The first-order chi connectivity index (χ1) is 10.8. The third kappa shape index (κ3) is 3.20. The van der Waals surface area contributed by atoms with E-state index >= 15 is 0 Å². The van der Waals surface area contributed by atoms with E-state index in [2.05, 4.69) is 45.9 Å². The van der Waals surface area contributed by atoms with E-state index in [1.54, 1.807) is 18.1 Å². The van der Waals surface area contributed by atoms with E-state index in [1.165, 1.54) is 0 Å². The number of hydrogen-bond acceptors (Lipinski definition) is 4. The number of nitrogens with one attached hydrogen (secondary N) is 1. The van der Waals surface area contributed by atoms with Gasteiger partial charge in [0.2, 0.25) is 0 Å². The summed E-state index contributed by atoms with van der Waals surface area (Å²) in [5, 5.41) is 1.34. The van der Waals surface area contributed by atoms with Crippen LogP contribution >= 0.6 is 11.8 Å². The molecule has 0 bridgehead atoms. The Morgan fingerprint density at radius 1 is 1.05 bits per heavy atom. The second-order valence-corrected chi connectivity index (χ2v) is 6.49. The zero-order valence-corrected chi connectivity index (χ0v) is 13.5. The Kier molecular flexibility index (Phi) is 4.53. The van der Waals surface area contributed by atoms with Gasteiger partial charge in [-0.1, -0.05) is 55.9 Å². The van der Waals surface area contributed by atoms with Crippen LogP contribution in [0.15, 0.2) is 54.2 Å². The molecule has 0 amide bonds. The molecule has 0 spiro atoms. The molecule has 1 atom stereocenters. The maximum Gasteiger partial charge on any atom is 0.187 e. The Hall–Kier alpha value is -2.14. The van der Waals surface area contributed by atoms with Gasteiger partial charge < -0.3 is 4.98 Å². The largest absolute Gasteiger partial charge is 0.344 e. The second kappa shape index (κ2) is 6.75. The van der Waals surface area contributed by atoms with Crippen molar-refractivity contribution in [1.82, 2.24) is 19.9 Å². The molecule has 0 aliphatic heterocycles. The zero-order valence-electron chi connectivity index (χ0n) is 12.7. The van der Waals surface area contributed by atoms with Gasteiger partial charge in [0.1, 0.15) is 0 Å². The molecule has 0 saturated carbocycles. The fraction of sp³-hybridized carbons (Fsp3) is 0.235. The summed E-state index contributed by atoms with van der Waals surface area (Å²) in [5.74, 6) is 0. The predicted molar refractivity (Wildman–Crippen MR) is 90.7 cm³/mol. The number of thioether (sulfide) groups is 1. The van der Waals surface area contributed by atoms with Crippen LogP contribution in [0.5, 0.6) is 0 Å². The van der Waals surface area contributed by atoms with Crippen molar-refractivity contribution in [1.29, 1.82) is 0 Å². The van der Waals surface area contributed by atoms with Gasteiger partial charge in [0.15, 0.2) is 5.16 Å². The number of aromatic amines is 1. The molecule has 2 heterocycles. The number of nitrogens with zero attached hydrogens (tertiary/aromatic N) is 3. The zero-order chi connectivity index (χ0) is 15.4. The third-order valence-electron chi connectivity index (χ3n) is 3.48. The highest BCUT2D eigenvalue weighted by Crippen LogP contribution is 2.29. The third-order valence-corrected chi connectivity index (χ3v) is 4.64. The summed E-state index contributed by atoms with van der Waals surface area (Å²) in [6, 6.07) is 10.2. The Morgan fingerprint density at radius 2 is 1.77 bits per heavy atom. The van der Waals surface area contributed by atoms with Crippen molar-refractivity contribution >= 4 is 11.8 Å². The van der Waals surface area contributed by atoms with Crippen molar-refractivity contribution in [2.24, 2.45) is 0 Å². The highest BCUT2D eigenvalue weighted by Gasteiger charge is 2.12. The van der Waals surface area contributed by atoms with Crippen LogP contribution in [-0.4, -0.2) is 25.2 Å². The van der Waals surface area contributed by atoms with Crippen LogP contribution in [0.4, 0.5) is 0 Å². The van der Waals surface area contributed by atoms with Crippen LogP contribution in [0.3, 0.4) is 0 Å². The Labute approximate surface area is 134 Å². The number of aromatic nitrogens is 4. The molecule has 1 N–H and O–H groups in total. The summed E-state index contributed by atoms with van der Waals surface area (Å²) >= 11 is 1.70. The van der Waals surface area contributed by atoms with E-state index in [4.69, 9.17) is 0 Å². The summed E-state index contributed by atoms with van der Waals surface area (Å²) in [5.41, 5.74) is 3.90. The highest BCUT2D eigenvalue weighted by atomic mass is 32.2. The normalized spacial score (nSPS) is 12.3. The van der Waals surface area contributed by atoms with E-state index < -0.39 is 0 Å². The minimum atomic E-state index is 0.524. The van der Waals surface area contributed by atoms with Crippen LogP contribution in [0.2, 0.25) is 0 Å². The molecule has 1 aromatic carbocycles. The van der Waals surface area contributed by atoms with Gasteiger partial charge in [-0.05, 0) is 6.42 Å². The molecule has 5 heteroatoms. The Bertz CT molecular complexity index is 722. The summed E-state index contributed by atoms with van der Waals surface area (Å²) in [6.07, 6.45) is 6.51. The van der Waals surface area contributed by atoms with Crippen LogP contribution in [0, 0.1) is 0 Å². The monoisotopic (exact) mass is 310 g/mol. The summed E-state index contributed by atoms with van der Waals surface area (Å²) in [7, 11) is 0. The molecule has 4 nitrogen and oxygen atoms in total. The lowest BCUT2D eigenvalue weighted by atomic mass is 10.1. The van der Waals surface area contributed by atoms with Crippen LogP contribution in [0.25, 0.3) is 22.5 Å². The molecule has 0 aliphatic carbocycles. The number of H-pyrrole nitrogens is 1. The summed E-state index contributed by atoms with van der Waals surface area (Å²) in [4.78, 5) is 16.5. The lowest BCUT2D eigenvalue weighted by molar-refractivity contribution is 0.885. The predicted octanol–water partition coefficient (Wildman–Crippen LogP) is 4.42. The first-order valence-corrected chi connectivity index (χ1v) is 8.23. The standard InChI is InChI=1S/C17H18N4S/c1-3-12(2)22-17-18-9-14(10-19-17)16-15(20-11-21-16)13-7-5-4-6-8-13/h4-12H,3H2,1-2H3,(H,20,21). The van der Waals surface area contributed by atoms with Crippen LogP contribution < -0.4 is 0 Å². The van der Waals surface area contributed by atoms with Crippen LogP contribution in [0.1, 0.15) is 20.3 Å². The molecule has 112 valence electrons. The average molecular weight is 310 g/mol. The summed E-state index contributed by atoms with van der Waals surface area (Å²) in [6.45, 7) is 4.35. The van der Waals surface area contributed by atoms with Gasteiger partial charge in [-0.15, -0.1) is 0 Å². The molecular formula is C17H18N4S. The number of imidazole rings is 1. The maximum absolute atomic E-state index is 4.46. The second-order valence-electron chi connectivity index (χ2n) is 5.08. The van der Waals surface area contributed by atoms with Gasteiger partial charge in [0, 0.05) is 28.8 Å². The average Bonchev–Trinajstić information content (AvgIpc) is 3.06. The van der Waals surface area contributed by atoms with E-state index in [9.17, 15) is 0 Å². The smallest absolute Gasteiger partial charge is 0.187 e. The minimum Gasteiger partial charge on any atom is -0.344 e. The quantitative estimate of drug-likeness (QED) is 0.559. The molecule has 0 fully saturated rings. The highest BCUT2D eigenvalue weighted by molar-refractivity contribution is 7.99. The number of benzene rings is 1. The van der Waals surface area contributed by atoms with Crippen molar-refractivity contribution in [3.63, 3.8) is 0 Å². The molecule has 3 aromatic rings. The van der Waals surface area contributed by atoms with Gasteiger partial charge in [-0.2, -0.15) is 0 Å². The van der Waals surface area contributed by atoms with Crippen molar-refractivity contribution in [2.45, 2.75) is 30.7 Å². The van der Waals surface area contributed by atoms with E-state index in [0.717, 1.165) is 34.1 Å². The first-order valence-electron chi connectivity index (χ1n) is 7.35. The van der Waals surface area contributed by atoms with E-state index in [-0.39, 0.29) is 0 Å². The van der Waals surface area contributed by atoms with Crippen LogP contribution in [-0.2, 0) is 0 Å². The lowest BCUT2D eigenvalue weighted by Gasteiger charge is -2.07. The van der Waals surface area contributed by atoms with Gasteiger partial charge in [0.05, 0.1) is 17.7 Å². The van der Waals surface area contributed by atoms with Crippen molar-refractivity contribution in [3.05, 3.63) is 49.1 Å². The minimum absolute atomic E-state index is 0.524. The summed E-state index contributed by atoms with van der Waals surface area (Å²) < 4.78 is 0. The fourth-order valence-corrected chi connectivity index (χ4v) is 2.85. The molecule has 0 saturated heterocycles. The van der Waals surface area contributed by atoms with Crippen molar-refractivity contribution in [3.8, 4) is 22.5 Å². The maximum atomic E-state index is 4.46. The van der Waals surface area contributed by atoms with Crippen molar-refractivity contribution in [2.75, 3.05) is 0 Å².